The molecule has 1 amide bonds. The molecule has 3 rings (SSSR count). The number of rotatable bonds is 5. The van der Waals surface area contributed by atoms with Crippen LogP contribution in [0, 0.1) is 5.92 Å². The lowest BCUT2D eigenvalue weighted by Crippen LogP contribution is -2.43. The molecule has 0 aromatic carbocycles. The van der Waals surface area contributed by atoms with E-state index in [1.807, 2.05) is 18.1 Å². The fraction of sp³-hybridized carbons (Fsp3) is 0.750. The predicted molar refractivity (Wildman–Crippen MR) is 84.7 cm³/mol. The molecule has 2 atom stereocenters. The third kappa shape index (κ3) is 3.50. The van der Waals surface area contributed by atoms with Gasteiger partial charge in [-0.15, -0.1) is 0 Å². The standard InChI is InChI=1S/C16H26N4O2/c1-12(9-13-4-7-22-8-5-13)18-15-3-6-20(16(15)21)14-10-17-19(2)11-14/h10-13,15,18H,3-9H2,1-2H3/t12-,15-/m0/s1. The number of carbonyl (C=O) groups excluding carboxylic acids is 1. The smallest absolute Gasteiger partial charge is 0.244 e. The van der Waals surface area contributed by atoms with Crippen LogP contribution in [0.3, 0.4) is 0 Å². The first-order chi connectivity index (χ1) is 10.6. The summed E-state index contributed by atoms with van der Waals surface area (Å²) in [5.41, 5.74) is 0.897. The molecule has 0 bridgehead atoms. The van der Waals surface area contributed by atoms with Crippen molar-refractivity contribution in [1.29, 1.82) is 0 Å². The lowest BCUT2D eigenvalue weighted by atomic mass is 9.93. The van der Waals surface area contributed by atoms with Gasteiger partial charge in [0.2, 0.25) is 5.91 Å². The molecule has 0 unspecified atom stereocenters. The molecule has 122 valence electrons. The van der Waals surface area contributed by atoms with Gasteiger partial charge >= 0.3 is 0 Å². The van der Waals surface area contributed by atoms with Crippen molar-refractivity contribution in [2.45, 2.75) is 44.7 Å². The topological polar surface area (TPSA) is 59.4 Å². The number of anilines is 1. The molecule has 1 aromatic rings. The largest absolute Gasteiger partial charge is 0.381 e. The minimum absolute atomic E-state index is 0.0601. The average Bonchev–Trinajstić information content (AvgIpc) is 3.07. The van der Waals surface area contributed by atoms with Crippen molar-refractivity contribution in [3.8, 4) is 0 Å². The number of nitrogens with zero attached hydrogens (tertiary/aromatic N) is 3. The lowest BCUT2D eigenvalue weighted by Gasteiger charge is -2.26. The summed E-state index contributed by atoms with van der Waals surface area (Å²) in [6, 6.07) is 0.306. The molecule has 22 heavy (non-hydrogen) atoms. The maximum Gasteiger partial charge on any atom is 0.244 e. The van der Waals surface area contributed by atoms with Gasteiger partial charge in [0.05, 0.1) is 17.9 Å². The van der Waals surface area contributed by atoms with E-state index in [1.54, 1.807) is 10.9 Å². The van der Waals surface area contributed by atoms with Gasteiger partial charge in [0, 0.05) is 39.0 Å². The Morgan fingerprint density at radius 2 is 2.18 bits per heavy atom. The first kappa shape index (κ1) is 15.5. The van der Waals surface area contributed by atoms with Gasteiger partial charge in [-0.3, -0.25) is 9.48 Å². The van der Waals surface area contributed by atoms with Crippen LogP contribution in [-0.2, 0) is 16.6 Å². The fourth-order valence-electron chi connectivity index (χ4n) is 3.53. The Kier molecular flexibility index (Phi) is 4.78. The highest BCUT2D eigenvalue weighted by Crippen LogP contribution is 2.23. The summed E-state index contributed by atoms with van der Waals surface area (Å²) in [4.78, 5) is 14.4. The van der Waals surface area contributed by atoms with Crippen LogP contribution in [0.4, 0.5) is 5.69 Å². The minimum Gasteiger partial charge on any atom is -0.381 e. The summed E-state index contributed by atoms with van der Waals surface area (Å²) in [7, 11) is 1.87. The number of ether oxygens (including phenoxy) is 1. The van der Waals surface area contributed by atoms with Gasteiger partial charge < -0.3 is 15.0 Å². The van der Waals surface area contributed by atoms with Crippen LogP contribution in [-0.4, -0.2) is 47.5 Å². The Balaban J connectivity index is 1.51. The first-order valence-corrected chi connectivity index (χ1v) is 8.27. The quantitative estimate of drug-likeness (QED) is 0.891. The zero-order valence-electron chi connectivity index (χ0n) is 13.5. The Morgan fingerprint density at radius 3 is 2.86 bits per heavy atom. The molecular formula is C16H26N4O2. The van der Waals surface area contributed by atoms with E-state index in [0.717, 1.165) is 57.0 Å². The fourth-order valence-corrected chi connectivity index (χ4v) is 3.53. The second-order valence-electron chi connectivity index (χ2n) is 6.56. The molecule has 2 saturated heterocycles. The maximum atomic E-state index is 12.5. The molecule has 0 radical (unpaired) electrons. The summed E-state index contributed by atoms with van der Waals surface area (Å²) >= 11 is 0. The van der Waals surface area contributed by atoms with Gasteiger partial charge in [-0.2, -0.15) is 5.10 Å². The average molecular weight is 306 g/mol. The molecular weight excluding hydrogens is 280 g/mol. The third-order valence-corrected chi connectivity index (χ3v) is 4.72. The van der Waals surface area contributed by atoms with Crippen molar-refractivity contribution in [3.63, 3.8) is 0 Å². The normalized spacial score (nSPS) is 24.9. The Morgan fingerprint density at radius 1 is 1.41 bits per heavy atom. The maximum absolute atomic E-state index is 12.5. The first-order valence-electron chi connectivity index (χ1n) is 8.27. The summed E-state index contributed by atoms with van der Waals surface area (Å²) < 4.78 is 7.14. The van der Waals surface area contributed by atoms with E-state index < -0.39 is 0 Å². The molecule has 1 N–H and O–H groups in total. The number of nitrogens with one attached hydrogen (secondary N) is 1. The number of hydrogen-bond donors (Lipinski definition) is 1. The number of carbonyl (C=O) groups is 1. The molecule has 2 aliphatic rings. The van der Waals surface area contributed by atoms with Gasteiger partial charge in [-0.1, -0.05) is 0 Å². The van der Waals surface area contributed by atoms with Gasteiger partial charge in [-0.05, 0) is 38.5 Å². The molecule has 3 heterocycles. The Hall–Kier alpha value is -1.40. The van der Waals surface area contributed by atoms with Crippen LogP contribution in [0.5, 0.6) is 0 Å². The Labute approximate surface area is 131 Å². The monoisotopic (exact) mass is 306 g/mol. The second kappa shape index (κ2) is 6.79. The second-order valence-corrected chi connectivity index (χ2v) is 6.56. The van der Waals surface area contributed by atoms with Crippen molar-refractivity contribution in [2.75, 3.05) is 24.7 Å². The number of aryl methyl sites for hydroxylation is 1. The van der Waals surface area contributed by atoms with Crippen LogP contribution in [0.1, 0.15) is 32.6 Å². The van der Waals surface area contributed by atoms with Crippen molar-refractivity contribution in [3.05, 3.63) is 12.4 Å². The summed E-state index contributed by atoms with van der Waals surface area (Å²) in [6.45, 7) is 4.73. The molecule has 1 aromatic heterocycles. The van der Waals surface area contributed by atoms with E-state index in [4.69, 9.17) is 4.74 Å². The van der Waals surface area contributed by atoms with Gasteiger partial charge in [0.25, 0.3) is 0 Å². The molecule has 0 saturated carbocycles. The molecule has 2 fully saturated rings. The highest BCUT2D eigenvalue weighted by molar-refractivity contribution is 5.99. The minimum atomic E-state index is -0.0601. The number of amides is 1. The summed E-state index contributed by atoms with van der Waals surface area (Å²) in [5.74, 6) is 0.897. The van der Waals surface area contributed by atoms with E-state index >= 15 is 0 Å². The Bertz CT molecular complexity index is 510. The van der Waals surface area contributed by atoms with Gasteiger partial charge in [0.15, 0.2) is 0 Å². The van der Waals surface area contributed by atoms with E-state index in [-0.39, 0.29) is 11.9 Å². The lowest BCUT2D eigenvalue weighted by molar-refractivity contribution is -0.119. The van der Waals surface area contributed by atoms with E-state index in [9.17, 15) is 4.79 Å². The van der Waals surface area contributed by atoms with E-state index in [1.165, 1.54) is 0 Å². The van der Waals surface area contributed by atoms with Crippen molar-refractivity contribution in [2.24, 2.45) is 13.0 Å². The zero-order chi connectivity index (χ0) is 15.5. The third-order valence-electron chi connectivity index (χ3n) is 4.72. The SMILES string of the molecule is C[C@@H](CC1CCOCC1)N[C@H]1CCN(c2cnn(C)c2)C1=O. The van der Waals surface area contributed by atoms with Crippen LogP contribution >= 0.6 is 0 Å². The molecule has 0 spiro atoms. The number of aromatic nitrogens is 2. The van der Waals surface area contributed by atoms with E-state index in [2.05, 4.69) is 17.3 Å². The van der Waals surface area contributed by atoms with Crippen molar-refractivity contribution in [1.82, 2.24) is 15.1 Å². The van der Waals surface area contributed by atoms with Crippen LogP contribution < -0.4 is 10.2 Å². The molecule has 2 aliphatic heterocycles. The van der Waals surface area contributed by atoms with Crippen LogP contribution in [0.25, 0.3) is 0 Å². The molecule has 0 aliphatic carbocycles. The van der Waals surface area contributed by atoms with Crippen molar-refractivity contribution >= 4 is 11.6 Å². The molecule has 6 heteroatoms. The van der Waals surface area contributed by atoms with Crippen LogP contribution in [0.15, 0.2) is 12.4 Å². The zero-order valence-corrected chi connectivity index (χ0v) is 13.5. The highest BCUT2D eigenvalue weighted by atomic mass is 16.5. The van der Waals surface area contributed by atoms with Gasteiger partial charge in [0.1, 0.15) is 0 Å². The number of hydrogen-bond acceptors (Lipinski definition) is 4. The molecule has 6 nitrogen and oxygen atoms in total. The van der Waals surface area contributed by atoms with Crippen LogP contribution in [0.2, 0.25) is 0 Å². The van der Waals surface area contributed by atoms with E-state index in [0.29, 0.717) is 6.04 Å². The van der Waals surface area contributed by atoms with Crippen molar-refractivity contribution < 1.29 is 9.53 Å². The summed E-state index contributed by atoms with van der Waals surface area (Å²) in [5, 5.41) is 7.67. The van der Waals surface area contributed by atoms with Gasteiger partial charge in [-0.25, -0.2) is 0 Å². The predicted octanol–water partition coefficient (Wildman–Crippen LogP) is 1.32. The highest BCUT2D eigenvalue weighted by Gasteiger charge is 2.34. The summed E-state index contributed by atoms with van der Waals surface area (Å²) in [6.07, 6.45) is 7.93.